The molecule has 0 atom stereocenters. The second-order valence-electron chi connectivity index (χ2n) is 5.11. The first kappa shape index (κ1) is 19.4. The Hall–Kier alpha value is -1.66. The lowest BCUT2D eigenvalue weighted by Crippen LogP contribution is -2.61. The van der Waals surface area contributed by atoms with Gasteiger partial charge in [0, 0.05) is 63.1 Å². The molecule has 2 fully saturated rings. The Balaban J connectivity index is 0.000000615. The number of non-ortho nitro benzene ring substituents is 1. The third kappa shape index (κ3) is 5.18. The zero-order chi connectivity index (χ0) is 17.2. The molecule has 23 heavy (non-hydrogen) atoms. The first-order chi connectivity index (χ1) is 11.2. The Bertz CT molecular complexity index is 452. The zero-order valence-electron chi connectivity index (χ0n) is 14.8. The van der Waals surface area contributed by atoms with E-state index in [4.69, 9.17) is 0 Å². The molecule has 0 radical (unpaired) electrons. The summed E-state index contributed by atoms with van der Waals surface area (Å²) >= 11 is 0. The Morgan fingerprint density at radius 1 is 1.00 bits per heavy atom. The van der Waals surface area contributed by atoms with Crippen LogP contribution in [0, 0.1) is 10.1 Å². The topological polar surface area (TPSA) is 61.7 Å². The number of nitro benzene ring substituents is 1. The van der Waals surface area contributed by atoms with Gasteiger partial charge < -0.3 is 10.2 Å². The van der Waals surface area contributed by atoms with Crippen LogP contribution in [0.2, 0.25) is 0 Å². The molecule has 0 saturated carbocycles. The molecule has 130 valence electrons. The van der Waals surface area contributed by atoms with Crippen LogP contribution in [-0.2, 0) is 0 Å². The lowest BCUT2D eigenvalue weighted by atomic mass is 10.1. The predicted molar refractivity (Wildman–Crippen MR) is 96.2 cm³/mol. The maximum Gasteiger partial charge on any atom is 0.269 e. The minimum absolute atomic E-state index is 0.155. The Morgan fingerprint density at radius 3 is 1.91 bits per heavy atom. The van der Waals surface area contributed by atoms with E-state index in [0.717, 1.165) is 45.0 Å². The summed E-state index contributed by atoms with van der Waals surface area (Å²) in [5, 5.41) is 13.9. The number of benzene rings is 1. The van der Waals surface area contributed by atoms with E-state index >= 15 is 0 Å². The monoisotopic (exact) mass is 322 g/mol. The van der Waals surface area contributed by atoms with Crippen LogP contribution in [0.25, 0.3) is 0 Å². The van der Waals surface area contributed by atoms with Crippen LogP contribution >= 0.6 is 0 Å². The molecular formula is C17H30N4O2. The van der Waals surface area contributed by atoms with E-state index in [1.165, 1.54) is 0 Å². The van der Waals surface area contributed by atoms with Crippen LogP contribution in [0.15, 0.2) is 24.3 Å². The molecule has 0 spiro atoms. The van der Waals surface area contributed by atoms with Crippen molar-refractivity contribution in [2.24, 2.45) is 0 Å². The number of nitrogens with one attached hydrogen (secondary N) is 1. The van der Waals surface area contributed by atoms with Gasteiger partial charge in [-0.2, -0.15) is 0 Å². The average Bonchev–Trinajstić information content (AvgIpc) is 2.58. The van der Waals surface area contributed by atoms with Crippen LogP contribution in [0.5, 0.6) is 0 Å². The fraction of sp³-hybridized carbons (Fsp3) is 0.647. The highest BCUT2D eigenvalue weighted by Gasteiger charge is 2.27. The van der Waals surface area contributed by atoms with Crippen LogP contribution in [0.3, 0.4) is 0 Å². The quantitative estimate of drug-likeness (QED) is 0.685. The van der Waals surface area contributed by atoms with Crippen molar-refractivity contribution in [2.45, 2.75) is 33.7 Å². The number of nitro groups is 1. The van der Waals surface area contributed by atoms with Gasteiger partial charge in [-0.25, -0.2) is 0 Å². The molecule has 3 rings (SSSR count). The van der Waals surface area contributed by atoms with E-state index in [9.17, 15) is 10.1 Å². The first-order valence-corrected chi connectivity index (χ1v) is 8.68. The summed E-state index contributed by atoms with van der Waals surface area (Å²) in [5.74, 6) is 0. The van der Waals surface area contributed by atoms with Gasteiger partial charge in [-0.15, -0.1) is 0 Å². The van der Waals surface area contributed by atoms with Gasteiger partial charge in [0.15, 0.2) is 0 Å². The molecule has 0 bridgehead atoms. The standard InChI is InChI=1S/C13H18N4O2.2C2H6/c18-17(19)12-3-1-11(2-4-12)15-5-7-16(8-6-15)13-9-14-10-13;2*1-2/h1-4,13-14H,5-10H2;2*1-2H3. The summed E-state index contributed by atoms with van der Waals surface area (Å²) in [5.41, 5.74) is 1.24. The first-order valence-electron chi connectivity index (χ1n) is 8.68. The Kier molecular flexibility index (Phi) is 8.58. The summed E-state index contributed by atoms with van der Waals surface area (Å²) in [6, 6.07) is 7.56. The average molecular weight is 322 g/mol. The fourth-order valence-electron chi connectivity index (χ4n) is 2.66. The second-order valence-corrected chi connectivity index (χ2v) is 5.11. The van der Waals surface area contributed by atoms with Crippen molar-refractivity contribution >= 4 is 11.4 Å². The van der Waals surface area contributed by atoms with Gasteiger partial charge in [-0.3, -0.25) is 15.0 Å². The summed E-state index contributed by atoms with van der Waals surface area (Å²) < 4.78 is 0. The van der Waals surface area contributed by atoms with Crippen LogP contribution in [0.4, 0.5) is 11.4 Å². The number of nitrogens with zero attached hydrogens (tertiary/aromatic N) is 3. The summed E-state index contributed by atoms with van der Waals surface area (Å²) in [6.45, 7) is 14.4. The van der Waals surface area contributed by atoms with Gasteiger partial charge in [0.1, 0.15) is 0 Å². The van der Waals surface area contributed by atoms with Gasteiger partial charge in [0.25, 0.3) is 5.69 Å². The third-order valence-corrected chi connectivity index (χ3v) is 4.02. The number of hydrogen-bond donors (Lipinski definition) is 1. The number of rotatable bonds is 3. The third-order valence-electron chi connectivity index (χ3n) is 4.02. The highest BCUT2D eigenvalue weighted by molar-refractivity contribution is 5.51. The molecule has 1 N–H and O–H groups in total. The van der Waals surface area contributed by atoms with E-state index < -0.39 is 0 Å². The molecular weight excluding hydrogens is 292 g/mol. The van der Waals surface area contributed by atoms with Gasteiger partial charge in [-0.1, -0.05) is 27.7 Å². The Labute approximate surface area is 139 Å². The second kappa shape index (κ2) is 10.2. The highest BCUT2D eigenvalue weighted by Crippen LogP contribution is 2.21. The summed E-state index contributed by atoms with van der Waals surface area (Å²) in [7, 11) is 0. The normalized spacial score (nSPS) is 18.0. The predicted octanol–water partition coefficient (Wildman–Crippen LogP) is 2.74. The van der Waals surface area contributed by atoms with Crippen molar-refractivity contribution in [3.63, 3.8) is 0 Å². The fourth-order valence-corrected chi connectivity index (χ4v) is 2.66. The van der Waals surface area contributed by atoms with Crippen molar-refractivity contribution in [1.29, 1.82) is 0 Å². The van der Waals surface area contributed by atoms with Crippen molar-refractivity contribution < 1.29 is 4.92 Å². The Morgan fingerprint density at radius 2 is 1.52 bits per heavy atom. The molecule has 0 unspecified atom stereocenters. The molecule has 1 aromatic rings. The van der Waals surface area contributed by atoms with E-state index in [1.54, 1.807) is 12.1 Å². The number of hydrogen-bond acceptors (Lipinski definition) is 5. The largest absolute Gasteiger partial charge is 0.369 e. The lowest BCUT2D eigenvalue weighted by molar-refractivity contribution is -0.384. The summed E-state index contributed by atoms with van der Waals surface area (Å²) in [4.78, 5) is 15.1. The van der Waals surface area contributed by atoms with Gasteiger partial charge in [0.2, 0.25) is 0 Å². The van der Waals surface area contributed by atoms with Gasteiger partial charge in [-0.05, 0) is 12.1 Å². The maximum absolute atomic E-state index is 10.6. The SMILES string of the molecule is CC.CC.O=[N+]([O-])c1ccc(N2CCN(C3CNC3)CC2)cc1. The molecule has 2 heterocycles. The van der Waals surface area contributed by atoms with Crippen LogP contribution in [0.1, 0.15) is 27.7 Å². The number of piperazine rings is 1. The van der Waals surface area contributed by atoms with Crippen molar-refractivity contribution in [1.82, 2.24) is 10.2 Å². The van der Waals surface area contributed by atoms with Crippen LogP contribution in [-0.4, -0.2) is 55.1 Å². The van der Waals surface area contributed by atoms with E-state index in [-0.39, 0.29) is 10.6 Å². The molecule has 2 aliphatic heterocycles. The maximum atomic E-state index is 10.6. The summed E-state index contributed by atoms with van der Waals surface area (Å²) in [6.07, 6.45) is 0. The molecule has 1 aromatic carbocycles. The highest BCUT2D eigenvalue weighted by atomic mass is 16.6. The molecule has 0 amide bonds. The lowest BCUT2D eigenvalue weighted by Gasteiger charge is -2.43. The van der Waals surface area contributed by atoms with Gasteiger partial charge in [0.05, 0.1) is 4.92 Å². The van der Waals surface area contributed by atoms with Crippen molar-refractivity contribution in [2.75, 3.05) is 44.2 Å². The van der Waals surface area contributed by atoms with E-state index in [2.05, 4.69) is 15.1 Å². The smallest absolute Gasteiger partial charge is 0.269 e. The molecule has 0 aromatic heterocycles. The molecule has 0 aliphatic carbocycles. The van der Waals surface area contributed by atoms with E-state index in [0.29, 0.717) is 6.04 Å². The molecule has 2 saturated heterocycles. The molecule has 6 nitrogen and oxygen atoms in total. The zero-order valence-corrected chi connectivity index (χ0v) is 14.8. The van der Waals surface area contributed by atoms with Crippen molar-refractivity contribution in [3.8, 4) is 0 Å². The molecule has 2 aliphatic rings. The van der Waals surface area contributed by atoms with Gasteiger partial charge >= 0.3 is 0 Å². The minimum Gasteiger partial charge on any atom is -0.369 e. The van der Waals surface area contributed by atoms with Crippen LogP contribution < -0.4 is 10.2 Å². The minimum atomic E-state index is -0.356. The molecule has 6 heteroatoms. The number of anilines is 1. The van der Waals surface area contributed by atoms with E-state index in [1.807, 2.05) is 39.8 Å². The van der Waals surface area contributed by atoms with Crippen molar-refractivity contribution in [3.05, 3.63) is 34.4 Å².